The number of hydrogen-bond donors (Lipinski definition) is 1. The molecule has 5 heteroatoms. The first kappa shape index (κ1) is 15.9. The van der Waals surface area contributed by atoms with Crippen LogP contribution in [0.1, 0.15) is 12.8 Å². The van der Waals surface area contributed by atoms with Crippen LogP contribution < -0.4 is 5.73 Å². The Labute approximate surface area is 111 Å². The fourth-order valence-corrected chi connectivity index (χ4v) is 2.28. The molecule has 2 N–H and O–H groups in total. The quantitative estimate of drug-likeness (QED) is 0.606. The standard InChI is InChI=1S/C13H28N2O3/c1-16-7-3-5-15(6-9-17-2)10-12-11-18-8-4-13(12)14/h12-13H,3-11,14H2,1-2H3. The molecule has 0 aromatic rings. The third-order valence-corrected chi connectivity index (χ3v) is 3.46. The Morgan fingerprint density at radius 3 is 2.67 bits per heavy atom. The van der Waals surface area contributed by atoms with Crippen molar-refractivity contribution in [3.8, 4) is 0 Å². The van der Waals surface area contributed by atoms with Gasteiger partial charge in [0.2, 0.25) is 0 Å². The second kappa shape index (κ2) is 9.69. The zero-order chi connectivity index (χ0) is 13.2. The Morgan fingerprint density at radius 2 is 2.00 bits per heavy atom. The number of nitrogens with two attached hydrogens (primary N) is 1. The molecule has 108 valence electrons. The predicted octanol–water partition coefficient (Wildman–Crippen LogP) is 0.335. The molecule has 1 aliphatic rings. The number of methoxy groups -OCH3 is 2. The molecule has 0 bridgehead atoms. The topological polar surface area (TPSA) is 57.0 Å². The van der Waals surface area contributed by atoms with Crippen LogP contribution in [-0.2, 0) is 14.2 Å². The van der Waals surface area contributed by atoms with Crippen molar-refractivity contribution < 1.29 is 14.2 Å². The Hall–Kier alpha value is -0.200. The van der Waals surface area contributed by atoms with E-state index in [1.54, 1.807) is 14.2 Å². The van der Waals surface area contributed by atoms with E-state index >= 15 is 0 Å². The van der Waals surface area contributed by atoms with Gasteiger partial charge in [-0.3, -0.25) is 0 Å². The van der Waals surface area contributed by atoms with E-state index in [-0.39, 0.29) is 6.04 Å². The Bertz CT molecular complexity index is 205. The van der Waals surface area contributed by atoms with Gasteiger partial charge in [0.25, 0.3) is 0 Å². The lowest BCUT2D eigenvalue weighted by Gasteiger charge is -2.33. The molecule has 1 heterocycles. The molecule has 0 saturated carbocycles. The first-order valence-corrected chi connectivity index (χ1v) is 6.81. The van der Waals surface area contributed by atoms with E-state index in [9.17, 15) is 0 Å². The monoisotopic (exact) mass is 260 g/mol. The van der Waals surface area contributed by atoms with Gasteiger partial charge in [-0.2, -0.15) is 0 Å². The Balaban J connectivity index is 2.32. The average Bonchev–Trinajstić information content (AvgIpc) is 2.38. The van der Waals surface area contributed by atoms with E-state index in [0.29, 0.717) is 5.92 Å². The molecular weight excluding hydrogens is 232 g/mol. The molecule has 0 aromatic heterocycles. The van der Waals surface area contributed by atoms with Gasteiger partial charge in [0, 0.05) is 59.0 Å². The first-order valence-electron chi connectivity index (χ1n) is 6.81. The van der Waals surface area contributed by atoms with E-state index < -0.39 is 0 Å². The highest BCUT2D eigenvalue weighted by atomic mass is 16.5. The highest BCUT2D eigenvalue weighted by Gasteiger charge is 2.24. The van der Waals surface area contributed by atoms with E-state index in [1.165, 1.54) is 0 Å². The second-order valence-corrected chi connectivity index (χ2v) is 4.93. The van der Waals surface area contributed by atoms with Crippen LogP contribution in [0.2, 0.25) is 0 Å². The molecule has 5 nitrogen and oxygen atoms in total. The smallest absolute Gasteiger partial charge is 0.0589 e. The highest BCUT2D eigenvalue weighted by molar-refractivity contribution is 4.79. The average molecular weight is 260 g/mol. The zero-order valence-corrected chi connectivity index (χ0v) is 11.8. The van der Waals surface area contributed by atoms with Crippen LogP contribution in [0.25, 0.3) is 0 Å². The third kappa shape index (κ3) is 6.11. The summed E-state index contributed by atoms with van der Waals surface area (Å²) in [7, 11) is 3.48. The minimum atomic E-state index is 0.270. The summed E-state index contributed by atoms with van der Waals surface area (Å²) in [6.45, 7) is 6.12. The van der Waals surface area contributed by atoms with Gasteiger partial charge in [-0.1, -0.05) is 0 Å². The van der Waals surface area contributed by atoms with Crippen molar-refractivity contribution in [3.63, 3.8) is 0 Å². The van der Waals surface area contributed by atoms with Gasteiger partial charge in [-0.05, 0) is 12.8 Å². The third-order valence-electron chi connectivity index (χ3n) is 3.46. The largest absolute Gasteiger partial charge is 0.385 e. The van der Waals surface area contributed by atoms with Crippen LogP contribution in [0.4, 0.5) is 0 Å². The van der Waals surface area contributed by atoms with Crippen molar-refractivity contribution in [3.05, 3.63) is 0 Å². The summed E-state index contributed by atoms with van der Waals surface area (Å²) in [5, 5.41) is 0. The summed E-state index contributed by atoms with van der Waals surface area (Å²) < 4.78 is 15.8. The van der Waals surface area contributed by atoms with Crippen molar-refractivity contribution in [1.29, 1.82) is 0 Å². The predicted molar refractivity (Wildman–Crippen MR) is 71.7 cm³/mol. The number of ether oxygens (including phenoxy) is 3. The maximum absolute atomic E-state index is 6.15. The van der Waals surface area contributed by atoms with Gasteiger partial charge < -0.3 is 24.8 Å². The van der Waals surface area contributed by atoms with E-state index in [4.69, 9.17) is 19.9 Å². The highest BCUT2D eigenvalue weighted by Crippen LogP contribution is 2.14. The van der Waals surface area contributed by atoms with Crippen molar-refractivity contribution in [2.75, 3.05) is 60.3 Å². The van der Waals surface area contributed by atoms with Crippen LogP contribution in [0.3, 0.4) is 0 Å². The lowest BCUT2D eigenvalue weighted by atomic mass is 9.96. The molecule has 1 saturated heterocycles. The summed E-state index contributed by atoms with van der Waals surface area (Å²) in [5.41, 5.74) is 6.15. The Kier molecular flexibility index (Phi) is 8.54. The molecule has 2 unspecified atom stereocenters. The van der Waals surface area contributed by atoms with E-state index in [0.717, 1.165) is 58.9 Å². The molecule has 2 atom stereocenters. The van der Waals surface area contributed by atoms with E-state index in [1.807, 2.05) is 0 Å². The van der Waals surface area contributed by atoms with Gasteiger partial charge in [-0.25, -0.2) is 0 Å². The van der Waals surface area contributed by atoms with Crippen LogP contribution in [0.15, 0.2) is 0 Å². The molecule has 1 aliphatic heterocycles. The summed E-state index contributed by atoms with van der Waals surface area (Å²) in [4.78, 5) is 2.40. The van der Waals surface area contributed by atoms with Gasteiger partial charge >= 0.3 is 0 Å². The first-order chi connectivity index (χ1) is 8.77. The molecule has 18 heavy (non-hydrogen) atoms. The van der Waals surface area contributed by atoms with Crippen LogP contribution >= 0.6 is 0 Å². The van der Waals surface area contributed by atoms with Crippen molar-refractivity contribution in [1.82, 2.24) is 4.90 Å². The van der Waals surface area contributed by atoms with Crippen LogP contribution in [0.5, 0.6) is 0 Å². The minimum absolute atomic E-state index is 0.270. The second-order valence-electron chi connectivity index (χ2n) is 4.93. The molecule has 0 aliphatic carbocycles. The van der Waals surface area contributed by atoms with Crippen molar-refractivity contribution >= 4 is 0 Å². The maximum atomic E-state index is 6.15. The van der Waals surface area contributed by atoms with Crippen molar-refractivity contribution in [2.45, 2.75) is 18.9 Å². The summed E-state index contributed by atoms with van der Waals surface area (Å²) in [6, 6.07) is 0.270. The molecule has 0 aromatic carbocycles. The number of nitrogens with zero attached hydrogens (tertiary/aromatic N) is 1. The molecule has 0 spiro atoms. The van der Waals surface area contributed by atoms with Crippen LogP contribution in [-0.4, -0.2) is 71.2 Å². The summed E-state index contributed by atoms with van der Waals surface area (Å²) in [6.07, 6.45) is 2.02. The normalized spacial score (nSPS) is 24.7. The Morgan fingerprint density at radius 1 is 1.22 bits per heavy atom. The maximum Gasteiger partial charge on any atom is 0.0589 e. The fraction of sp³-hybridized carbons (Fsp3) is 1.00. The summed E-state index contributed by atoms with van der Waals surface area (Å²) >= 11 is 0. The van der Waals surface area contributed by atoms with Crippen LogP contribution in [0, 0.1) is 5.92 Å². The molecular formula is C13H28N2O3. The molecule has 0 amide bonds. The molecule has 0 radical (unpaired) electrons. The van der Waals surface area contributed by atoms with Gasteiger partial charge in [-0.15, -0.1) is 0 Å². The van der Waals surface area contributed by atoms with Gasteiger partial charge in [0.05, 0.1) is 13.2 Å². The lowest BCUT2D eigenvalue weighted by Crippen LogP contribution is -2.46. The minimum Gasteiger partial charge on any atom is -0.385 e. The number of rotatable bonds is 9. The van der Waals surface area contributed by atoms with E-state index in [2.05, 4.69) is 4.90 Å². The molecule has 1 fully saturated rings. The zero-order valence-electron chi connectivity index (χ0n) is 11.8. The summed E-state index contributed by atoms with van der Waals surface area (Å²) in [5.74, 6) is 0.443. The van der Waals surface area contributed by atoms with Gasteiger partial charge in [0.15, 0.2) is 0 Å². The number of hydrogen-bond acceptors (Lipinski definition) is 5. The molecule has 1 rings (SSSR count). The fourth-order valence-electron chi connectivity index (χ4n) is 2.28. The van der Waals surface area contributed by atoms with Crippen molar-refractivity contribution in [2.24, 2.45) is 11.7 Å². The lowest BCUT2D eigenvalue weighted by molar-refractivity contribution is 0.0210. The SMILES string of the molecule is COCCCN(CCOC)CC1COCCC1N. The van der Waals surface area contributed by atoms with Gasteiger partial charge in [0.1, 0.15) is 0 Å².